The van der Waals surface area contributed by atoms with Crippen molar-refractivity contribution < 1.29 is 5.11 Å². The summed E-state index contributed by atoms with van der Waals surface area (Å²) in [7, 11) is 0. The molecule has 1 aliphatic rings. The molecule has 1 aliphatic carbocycles. The molecule has 75 valence electrons. The predicted octanol–water partition coefficient (Wildman–Crippen LogP) is 3.24. The lowest BCUT2D eigenvalue weighted by Gasteiger charge is -2.15. The maximum Gasteiger partial charge on any atom is 0.0499 e. The molecule has 0 amide bonds. The molecule has 0 saturated heterocycles. The lowest BCUT2D eigenvalue weighted by molar-refractivity contribution is 0.282. The summed E-state index contributed by atoms with van der Waals surface area (Å²) in [4.78, 5) is 0. The van der Waals surface area contributed by atoms with Gasteiger partial charge in [-0.3, -0.25) is 0 Å². The first-order valence-electron chi connectivity index (χ1n) is 4.96. The molecule has 1 atom stereocenters. The van der Waals surface area contributed by atoms with Crippen molar-refractivity contribution in [3.63, 3.8) is 0 Å². The Kier molecular flexibility index (Phi) is 2.93. The fourth-order valence-corrected chi connectivity index (χ4v) is 2.52. The van der Waals surface area contributed by atoms with Gasteiger partial charge in [-0.25, -0.2) is 0 Å². The van der Waals surface area contributed by atoms with Gasteiger partial charge in [0.2, 0.25) is 0 Å². The highest BCUT2D eigenvalue weighted by Crippen LogP contribution is 2.46. The first-order chi connectivity index (χ1) is 6.74. The third-order valence-electron chi connectivity index (χ3n) is 2.73. The normalized spacial score (nSPS) is 18.2. The molecular formula is C12H14BrO. The van der Waals surface area contributed by atoms with Crippen LogP contribution in [0.2, 0.25) is 0 Å². The standard InChI is InChI=1S/C12H14BrO/c1-8(7-14)10-3-2-4-11(13)12(10)9-5-6-9/h2-4,8-9,14H,1,5-7H2. The van der Waals surface area contributed by atoms with E-state index in [1.807, 2.05) is 6.07 Å². The maximum absolute atomic E-state index is 9.13. The summed E-state index contributed by atoms with van der Waals surface area (Å²) in [6, 6.07) is 6.16. The van der Waals surface area contributed by atoms with E-state index in [4.69, 9.17) is 5.11 Å². The molecule has 1 nitrogen and oxygen atoms in total. The number of hydrogen-bond acceptors (Lipinski definition) is 1. The largest absolute Gasteiger partial charge is 0.396 e. The van der Waals surface area contributed by atoms with E-state index in [9.17, 15) is 0 Å². The van der Waals surface area contributed by atoms with E-state index >= 15 is 0 Å². The summed E-state index contributed by atoms with van der Waals surface area (Å²) in [5.41, 5.74) is 2.56. The zero-order chi connectivity index (χ0) is 10.1. The Morgan fingerprint density at radius 1 is 1.50 bits per heavy atom. The Morgan fingerprint density at radius 2 is 2.21 bits per heavy atom. The molecule has 0 aliphatic heterocycles. The van der Waals surface area contributed by atoms with Crippen molar-refractivity contribution in [2.45, 2.75) is 24.7 Å². The quantitative estimate of drug-likeness (QED) is 0.877. The van der Waals surface area contributed by atoms with Gasteiger partial charge in [-0.2, -0.15) is 0 Å². The maximum atomic E-state index is 9.13. The monoisotopic (exact) mass is 253 g/mol. The van der Waals surface area contributed by atoms with Gasteiger partial charge >= 0.3 is 0 Å². The van der Waals surface area contributed by atoms with Gasteiger partial charge in [0.25, 0.3) is 0 Å². The van der Waals surface area contributed by atoms with Crippen LogP contribution in [0.5, 0.6) is 0 Å². The number of aliphatic hydroxyl groups excluding tert-OH is 1. The first kappa shape index (κ1) is 10.2. The first-order valence-corrected chi connectivity index (χ1v) is 5.75. The number of benzene rings is 1. The summed E-state index contributed by atoms with van der Waals surface area (Å²) in [6.07, 6.45) is 2.54. The zero-order valence-corrected chi connectivity index (χ0v) is 9.63. The van der Waals surface area contributed by atoms with Crippen LogP contribution in [0, 0.1) is 6.92 Å². The second kappa shape index (κ2) is 4.03. The number of aliphatic hydroxyl groups is 1. The number of halogens is 1. The smallest absolute Gasteiger partial charge is 0.0499 e. The van der Waals surface area contributed by atoms with E-state index in [2.05, 4.69) is 35.0 Å². The molecule has 1 aromatic carbocycles. The van der Waals surface area contributed by atoms with Crippen molar-refractivity contribution in [2.75, 3.05) is 6.61 Å². The summed E-state index contributed by atoms with van der Waals surface area (Å²) in [5.74, 6) is 0.694. The van der Waals surface area contributed by atoms with Crippen molar-refractivity contribution >= 4 is 15.9 Å². The molecule has 1 aromatic rings. The predicted molar refractivity (Wildman–Crippen MR) is 61.3 cm³/mol. The van der Waals surface area contributed by atoms with Gasteiger partial charge in [-0.05, 0) is 42.9 Å². The Balaban J connectivity index is 2.41. The topological polar surface area (TPSA) is 20.2 Å². The molecule has 2 rings (SSSR count). The molecule has 2 heteroatoms. The van der Waals surface area contributed by atoms with Gasteiger partial charge in [-0.15, -0.1) is 0 Å². The molecule has 1 N–H and O–H groups in total. The lowest BCUT2D eigenvalue weighted by atomic mass is 9.94. The van der Waals surface area contributed by atoms with Gasteiger partial charge in [0, 0.05) is 17.0 Å². The summed E-state index contributed by atoms with van der Waals surface area (Å²) >= 11 is 3.58. The summed E-state index contributed by atoms with van der Waals surface area (Å²) in [6.45, 7) is 4.09. The summed E-state index contributed by atoms with van der Waals surface area (Å²) < 4.78 is 1.17. The molecule has 0 spiro atoms. The lowest BCUT2D eigenvalue weighted by Crippen LogP contribution is -2.03. The van der Waals surface area contributed by atoms with Crippen LogP contribution < -0.4 is 0 Å². The number of rotatable bonds is 3. The molecule has 1 unspecified atom stereocenters. The van der Waals surface area contributed by atoms with E-state index in [0.717, 1.165) is 0 Å². The fourth-order valence-electron chi connectivity index (χ4n) is 1.81. The number of hydrogen-bond donors (Lipinski definition) is 1. The third kappa shape index (κ3) is 1.86. The summed E-state index contributed by atoms with van der Waals surface area (Å²) in [5, 5.41) is 9.13. The Bertz CT molecular complexity index is 331. The van der Waals surface area contributed by atoms with Gasteiger partial charge in [0.05, 0.1) is 0 Å². The second-order valence-corrected chi connectivity index (χ2v) is 4.75. The SMILES string of the molecule is [CH2]C(CO)c1cccc(Br)c1C1CC1. The fraction of sp³-hybridized carbons (Fsp3) is 0.417. The Labute approximate surface area is 93.3 Å². The highest BCUT2D eigenvalue weighted by Gasteiger charge is 2.29. The molecule has 1 saturated carbocycles. The van der Waals surface area contributed by atoms with Crippen molar-refractivity contribution in [2.24, 2.45) is 0 Å². The molecule has 0 aromatic heterocycles. The minimum absolute atomic E-state index is 0.00287. The van der Waals surface area contributed by atoms with Crippen molar-refractivity contribution in [3.8, 4) is 0 Å². The van der Waals surface area contributed by atoms with E-state index in [1.165, 1.54) is 28.4 Å². The minimum atomic E-state index is 0.00287. The Morgan fingerprint density at radius 3 is 2.79 bits per heavy atom. The van der Waals surface area contributed by atoms with Crippen molar-refractivity contribution in [1.82, 2.24) is 0 Å². The van der Waals surface area contributed by atoms with E-state index in [0.29, 0.717) is 5.92 Å². The molecule has 14 heavy (non-hydrogen) atoms. The minimum Gasteiger partial charge on any atom is -0.396 e. The second-order valence-electron chi connectivity index (χ2n) is 3.90. The van der Waals surface area contributed by atoms with Crippen LogP contribution in [-0.4, -0.2) is 11.7 Å². The van der Waals surface area contributed by atoms with Crippen LogP contribution >= 0.6 is 15.9 Å². The van der Waals surface area contributed by atoms with Crippen LogP contribution in [0.4, 0.5) is 0 Å². The van der Waals surface area contributed by atoms with Crippen LogP contribution in [-0.2, 0) is 0 Å². The molecule has 0 bridgehead atoms. The van der Waals surface area contributed by atoms with Gasteiger partial charge in [0.1, 0.15) is 0 Å². The average Bonchev–Trinajstić information content (AvgIpc) is 3.00. The highest BCUT2D eigenvalue weighted by molar-refractivity contribution is 9.10. The van der Waals surface area contributed by atoms with Crippen molar-refractivity contribution in [3.05, 3.63) is 40.7 Å². The van der Waals surface area contributed by atoms with Crippen LogP contribution in [0.25, 0.3) is 0 Å². The molecular weight excluding hydrogens is 240 g/mol. The molecule has 0 heterocycles. The highest BCUT2D eigenvalue weighted by atomic mass is 79.9. The van der Waals surface area contributed by atoms with Gasteiger partial charge in [-0.1, -0.05) is 28.1 Å². The third-order valence-corrected chi connectivity index (χ3v) is 3.42. The van der Waals surface area contributed by atoms with Crippen LogP contribution in [0.15, 0.2) is 22.7 Å². The van der Waals surface area contributed by atoms with E-state index < -0.39 is 0 Å². The Hall–Kier alpha value is -0.340. The van der Waals surface area contributed by atoms with Crippen LogP contribution in [0.1, 0.15) is 35.8 Å². The van der Waals surface area contributed by atoms with E-state index in [1.54, 1.807) is 0 Å². The zero-order valence-electron chi connectivity index (χ0n) is 8.04. The van der Waals surface area contributed by atoms with Crippen LogP contribution in [0.3, 0.4) is 0 Å². The van der Waals surface area contributed by atoms with Gasteiger partial charge in [0.15, 0.2) is 0 Å². The molecule has 1 radical (unpaired) electrons. The van der Waals surface area contributed by atoms with E-state index in [-0.39, 0.29) is 12.5 Å². The molecule has 1 fully saturated rings. The van der Waals surface area contributed by atoms with Gasteiger partial charge < -0.3 is 5.11 Å². The average molecular weight is 254 g/mol. The van der Waals surface area contributed by atoms with Crippen molar-refractivity contribution in [1.29, 1.82) is 0 Å².